The van der Waals surface area contributed by atoms with Gasteiger partial charge in [0.05, 0.1) is 12.6 Å². The Hall–Kier alpha value is -1.55. The van der Waals surface area contributed by atoms with E-state index in [2.05, 4.69) is 34.0 Å². The fourth-order valence-corrected chi connectivity index (χ4v) is 2.74. The maximum absolute atomic E-state index is 5.56. The lowest BCUT2D eigenvalue weighted by Gasteiger charge is -2.25. The number of hydrogen-bond acceptors (Lipinski definition) is 4. The number of nitrogens with one attached hydrogen (secondary N) is 2. The third-order valence-electron chi connectivity index (χ3n) is 3.63. The standard InChI is InChI=1S/C14H19N3O/c1-2-18-11-5-3-4-10(8-11)14-12-9-15-7-6-13(12)16-17-14/h3-5,8,12,14-15,17H,2,6-7,9H2,1H3. The molecule has 0 radical (unpaired) electrons. The zero-order chi connectivity index (χ0) is 12.4. The number of piperidine rings is 1. The summed E-state index contributed by atoms with van der Waals surface area (Å²) in [7, 11) is 0. The Balaban J connectivity index is 1.81. The topological polar surface area (TPSA) is 45.6 Å². The Kier molecular flexibility index (Phi) is 3.19. The summed E-state index contributed by atoms with van der Waals surface area (Å²) in [5.41, 5.74) is 5.84. The first kappa shape index (κ1) is 11.5. The molecule has 2 unspecified atom stereocenters. The number of hydrogen-bond donors (Lipinski definition) is 2. The van der Waals surface area contributed by atoms with E-state index in [0.717, 1.165) is 25.3 Å². The largest absolute Gasteiger partial charge is 0.494 e. The molecule has 2 atom stereocenters. The lowest BCUT2D eigenvalue weighted by molar-refractivity contribution is 0.339. The average Bonchev–Trinajstić information content (AvgIpc) is 2.83. The number of rotatable bonds is 3. The van der Waals surface area contributed by atoms with Crippen LogP contribution in [-0.2, 0) is 0 Å². The van der Waals surface area contributed by atoms with Crippen molar-refractivity contribution >= 4 is 5.71 Å². The molecule has 4 heteroatoms. The van der Waals surface area contributed by atoms with Crippen LogP contribution in [0.3, 0.4) is 0 Å². The van der Waals surface area contributed by atoms with E-state index in [1.807, 2.05) is 13.0 Å². The van der Waals surface area contributed by atoms with Crippen molar-refractivity contribution in [2.24, 2.45) is 11.0 Å². The second-order valence-corrected chi connectivity index (χ2v) is 4.78. The highest BCUT2D eigenvalue weighted by molar-refractivity contribution is 5.89. The van der Waals surface area contributed by atoms with Crippen LogP contribution in [0.15, 0.2) is 29.4 Å². The van der Waals surface area contributed by atoms with Crippen LogP contribution in [-0.4, -0.2) is 25.4 Å². The number of hydrazone groups is 1. The first-order valence-electron chi connectivity index (χ1n) is 6.64. The van der Waals surface area contributed by atoms with E-state index in [1.54, 1.807) is 0 Å². The maximum Gasteiger partial charge on any atom is 0.119 e. The van der Waals surface area contributed by atoms with Crippen molar-refractivity contribution < 1.29 is 4.74 Å². The SMILES string of the molecule is CCOc1cccc(C2NN=C3CCNCC32)c1. The van der Waals surface area contributed by atoms with E-state index in [1.165, 1.54) is 11.3 Å². The van der Waals surface area contributed by atoms with Gasteiger partial charge in [-0.25, -0.2) is 0 Å². The van der Waals surface area contributed by atoms with Gasteiger partial charge in [-0.15, -0.1) is 0 Å². The summed E-state index contributed by atoms with van der Waals surface area (Å²) in [6, 6.07) is 8.61. The van der Waals surface area contributed by atoms with Crippen molar-refractivity contribution in [2.75, 3.05) is 19.7 Å². The Morgan fingerprint density at radius 1 is 1.44 bits per heavy atom. The monoisotopic (exact) mass is 245 g/mol. The van der Waals surface area contributed by atoms with Crippen LogP contribution in [0.2, 0.25) is 0 Å². The van der Waals surface area contributed by atoms with Gasteiger partial charge in [0.25, 0.3) is 0 Å². The predicted octanol–water partition coefficient (Wildman–Crippen LogP) is 1.70. The smallest absolute Gasteiger partial charge is 0.119 e. The lowest BCUT2D eigenvalue weighted by Crippen LogP contribution is -2.38. The summed E-state index contributed by atoms with van der Waals surface area (Å²) in [4.78, 5) is 0. The molecule has 4 nitrogen and oxygen atoms in total. The molecule has 96 valence electrons. The molecule has 2 aliphatic heterocycles. The second-order valence-electron chi connectivity index (χ2n) is 4.78. The minimum Gasteiger partial charge on any atom is -0.494 e. The van der Waals surface area contributed by atoms with Crippen molar-refractivity contribution in [2.45, 2.75) is 19.4 Å². The Morgan fingerprint density at radius 3 is 3.28 bits per heavy atom. The molecule has 1 saturated heterocycles. The van der Waals surface area contributed by atoms with Gasteiger partial charge in [-0.1, -0.05) is 12.1 Å². The fourth-order valence-electron chi connectivity index (χ4n) is 2.74. The molecule has 1 aromatic carbocycles. The number of fused-ring (bicyclic) bond motifs is 1. The van der Waals surface area contributed by atoms with Crippen LogP contribution < -0.4 is 15.5 Å². The number of ether oxygens (including phenoxy) is 1. The highest BCUT2D eigenvalue weighted by atomic mass is 16.5. The molecule has 2 aliphatic rings. The molecule has 0 aliphatic carbocycles. The molecule has 1 aromatic rings. The van der Waals surface area contributed by atoms with E-state index >= 15 is 0 Å². The molecule has 0 spiro atoms. The molecule has 18 heavy (non-hydrogen) atoms. The normalized spacial score (nSPS) is 26.2. The first-order valence-corrected chi connectivity index (χ1v) is 6.64. The Morgan fingerprint density at radius 2 is 2.39 bits per heavy atom. The van der Waals surface area contributed by atoms with E-state index in [9.17, 15) is 0 Å². The lowest BCUT2D eigenvalue weighted by atomic mass is 9.87. The fraction of sp³-hybridized carbons (Fsp3) is 0.500. The van der Waals surface area contributed by atoms with Crippen molar-refractivity contribution in [3.05, 3.63) is 29.8 Å². The van der Waals surface area contributed by atoms with E-state index in [4.69, 9.17) is 4.74 Å². The van der Waals surface area contributed by atoms with Gasteiger partial charge < -0.3 is 15.5 Å². The van der Waals surface area contributed by atoms with Gasteiger partial charge in [0, 0.05) is 31.1 Å². The minimum absolute atomic E-state index is 0.285. The number of benzene rings is 1. The summed E-state index contributed by atoms with van der Waals surface area (Å²) in [6.07, 6.45) is 1.05. The van der Waals surface area contributed by atoms with Crippen molar-refractivity contribution in [1.29, 1.82) is 0 Å². The highest BCUT2D eigenvalue weighted by Crippen LogP contribution is 2.31. The Labute approximate surface area is 107 Å². The van der Waals surface area contributed by atoms with Crippen molar-refractivity contribution in [3.63, 3.8) is 0 Å². The molecule has 0 amide bonds. The van der Waals surface area contributed by atoms with Gasteiger partial charge in [0.2, 0.25) is 0 Å². The quantitative estimate of drug-likeness (QED) is 0.852. The zero-order valence-corrected chi connectivity index (χ0v) is 10.6. The van der Waals surface area contributed by atoms with Gasteiger partial charge in [-0.2, -0.15) is 5.10 Å². The Bertz CT molecular complexity index is 458. The molecule has 0 aromatic heterocycles. The predicted molar refractivity (Wildman–Crippen MR) is 71.9 cm³/mol. The van der Waals surface area contributed by atoms with Crippen LogP contribution >= 0.6 is 0 Å². The van der Waals surface area contributed by atoms with Crippen LogP contribution in [0.1, 0.15) is 24.9 Å². The van der Waals surface area contributed by atoms with Gasteiger partial charge in [0.1, 0.15) is 5.75 Å². The van der Waals surface area contributed by atoms with Gasteiger partial charge >= 0.3 is 0 Å². The first-order chi connectivity index (χ1) is 8.88. The van der Waals surface area contributed by atoms with Crippen LogP contribution in [0.5, 0.6) is 5.75 Å². The summed E-state index contributed by atoms with van der Waals surface area (Å²) in [5.74, 6) is 1.42. The molecule has 3 rings (SSSR count). The molecule has 0 bridgehead atoms. The molecule has 2 N–H and O–H groups in total. The van der Waals surface area contributed by atoms with Crippen LogP contribution in [0.4, 0.5) is 0 Å². The molecule has 0 saturated carbocycles. The van der Waals surface area contributed by atoms with E-state index in [-0.39, 0.29) is 6.04 Å². The summed E-state index contributed by atoms with van der Waals surface area (Å²) in [6.45, 7) is 4.76. The van der Waals surface area contributed by atoms with Crippen molar-refractivity contribution in [1.82, 2.24) is 10.7 Å². The third-order valence-corrected chi connectivity index (χ3v) is 3.63. The van der Waals surface area contributed by atoms with Gasteiger partial charge in [-0.05, 0) is 24.6 Å². The average molecular weight is 245 g/mol. The van der Waals surface area contributed by atoms with Gasteiger partial charge in [0.15, 0.2) is 0 Å². The van der Waals surface area contributed by atoms with E-state index < -0.39 is 0 Å². The minimum atomic E-state index is 0.285. The molecule has 1 fully saturated rings. The molecular formula is C14H19N3O. The van der Waals surface area contributed by atoms with Crippen LogP contribution in [0.25, 0.3) is 0 Å². The molecule has 2 heterocycles. The molecular weight excluding hydrogens is 226 g/mol. The van der Waals surface area contributed by atoms with E-state index in [0.29, 0.717) is 12.5 Å². The third kappa shape index (κ3) is 2.08. The van der Waals surface area contributed by atoms with Gasteiger partial charge in [-0.3, -0.25) is 0 Å². The maximum atomic E-state index is 5.56. The number of nitrogens with zero attached hydrogens (tertiary/aromatic N) is 1. The summed E-state index contributed by atoms with van der Waals surface area (Å²) < 4.78 is 5.56. The van der Waals surface area contributed by atoms with Crippen molar-refractivity contribution in [3.8, 4) is 5.75 Å². The summed E-state index contributed by atoms with van der Waals surface area (Å²) in [5, 5.41) is 7.92. The second kappa shape index (κ2) is 4.98. The zero-order valence-electron chi connectivity index (χ0n) is 10.6. The highest BCUT2D eigenvalue weighted by Gasteiger charge is 2.34. The summed E-state index contributed by atoms with van der Waals surface area (Å²) >= 11 is 0. The van der Waals surface area contributed by atoms with Crippen LogP contribution in [0, 0.1) is 5.92 Å².